The molecule has 0 aliphatic carbocycles. The van der Waals surface area contributed by atoms with E-state index in [1.807, 2.05) is 6.92 Å². The summed E-state index contributed by atoms with van der Waals surface area (Å²) in [6.07, 6.45) is 0. The molecule has 1 rings (SSSR count). The summed E-state index contributed by atoms with van der Waals surface area (Å²) in [7, 11) is 1.70. The van der Waals surface area contributed by atoms with E-state index in [-0.39, 0.29) is 11.7 Å². The Morgan fingerprint density at radius 1 is 1.45 bits per heavy atom. The number of carboxylic acid groups (broad SMARTS) is 1. The Hall–Kier alpha value is -1.95. The quantitative estimate of drug-likeness (QED) is 0.662. The van der Waals surface area contributed by atoms with Gasteiger partial charge in [-0.2, -0.15) is 0 Å². The highest BCUT2D eigenvalue weighted by Crippen LogP contribution is 2.29. The number of nitro benzene ring substituents is 1. The molecule has 0 aromatic heterocycles. The summed E-state index contributed by atoms with van der Waals surface area (Å²) in [4.78, 5) is 23.5. The fourth-order valence-corrected chi connectivity index (χ4v) is 1.94. The Balaban J connectivity index is 3.16. The molecular formula is C14H20N2O4. The van der Waals surface area contributed by atoms with E-state index in [0.717, 1.165) is 5.56 Å². The van der Waals surface area contributed by atoms with Gasteiger partial charge < -0.3 is 5.11 Å². The van der Waals surface area contributed by atoms with Crippen molar-refractivity contribution in [2.75, 3.05) is 7.05 Å². The number of aliphatic carboxylic acids is 1. The maximum Gasteiger partial charge on any atom is 0.323 e. The second-order valence-electron chi connectivity index (χ2n) is 5.45. The number of likely N-dealkylation sites (N-methyl/N-ethyl adjacent to an activating group) is 1. The van der Waals surface area contributed by atoms with E-state index in [0.29, 0.717) is 5.56 Å². The first-order chi connectivity index (χ1) is 9.09. The molecule has 0 saturated heterocycles. The zero-order valence-electron chi connectivity index (χ0n) is 12.4. The van der Waals surface area contributed by atoms with Crippen molar-refractivity contribution in [1.82, 2.24) is 4.90 Å². The van der Waals surface area contributed by atoms with Crippen LogP contribution in [0, 0.1) is 17.0 Å². The standard InChI is InChI=1S/C14H20N2O4/c1-9-6-7-11(8-12(9)16(19)20)10(2)15(5)14(3,4)13(17)18/h6-8,10H,1-5H3,(H,17,18). The van der Waals surface area contributed by atoms with Crippen LogP contribution in [-0.4, -0.2) is 33.5 Å². The molecule has 0 aliphatic heterocycles. The van der Waals surface area contributed by atoms with E-state index in [1.54, 1.807) is 44.9 Å². The Morgan fingerprint density at radius 2 is 2.00 bits per heavy atom. The molecular weight excluding hydrogens is 260 g/mol. The topological polar surface area (TPSA) is 83.7 Å². The molecule has 0 fully saturated rings. The third kappa shape index (κ3) is 2.96. The minimum Gasteiger partial charge on any atom is -0.480 e. The van der Waals surface area contributed by atoms with E-state index < -0.39 is 16.4 Å². The van der Waals surface area contributed by atoms with Crippen molar-refractivity contribution in [3.8, 4) is 0 Å². The van der Waals surface area contributed by atoms with Gasteiger partial charge in [-0.3, -0.25) is 19.8 Å². The minimum absolute atomic E-state index is 0.0517. The second kappa shape index (κ2) is 5.58. The molecule has 1 N–H and O–H groups in total. The molecule has 0 saturated carbocycles. The maximum absolute atomic E-state index is 11.3. The van der Waals surface area contributed by atoms with E-state index in [4.69, 9.17) is 0 Å². The largest absolute Gasteiger partial charge is 0.480 e. The van der Waals surface area contributed by atoms with Crippen molar-refractivity contribution in [3.63, 3.8) is 0 Å². The predicted octanol–water partition coefficient (Wildman–Crippen LogP) is 2.76. The Morgan fingerprint density at radius 3 is 2.45 bits per heavy atom. The molecule has 110 valence electrons. The summed E-state index contributed by atoms with van der Waals surface area (Å²) < 4.78 is 0. The number of benzene rings is 1. The second-order valence-corrected chi connectivity index (χ2v) is 5.45. The summed E-state index contributed by atoms with van der Waals surface area (Å²) in [5, 5.41) is 20.2. The molecule has 1 aromatic rings. The summed E-state index contributed by atoms with van der Waals surface area (Å²) >= 11 is 0. The van der Waals surface area contributed by atoms with Gasteiger partial charge in [-0.05, 0) is 40.3 Å². The van der Waals surface area contributed by atoms with Crippen molar-refractivity contribution in [1.29, 1.82) is 0 Å². The first-order valence-corrected chi connectivity index (χ1v) is 6.30. The maximum atomic E-state index is 11.3. The van der Waals surface area contributed by atoms with Crippen LogP contribution in [0.25, 0.3) is 0 Å². The van der Waals surface area contributed by atoms with Crippen LogP contribution in [0.1, 0.15) is 37.9 Å². The van der Waals surface area contributed by atoms with Crippen LogP contribution in [0.5, 0.6) is 0 Å². The number of rotatable bonds is 5. The Bertz CT molecular complexity index is 540. The summed E-state index contributed by atoms with van der Waals surface area (Å²) in [6.45, 7) is 6.72. The van der Waals surface area contributed by atoms with Crippen molar-refractivity contribution >= 4 is 11.7 Å². The zero-order valence-corrected chi connectivity index (χ0v) is 12.4. The van der Waals surface area contributed by atoms with Crippen LogP contribution >= 0.6 is 0 Å². The van der Waals surface area contributed by atoms with Gasteiger partial charge in [0.25, 0.3) is 5.69 Å². The van der Waals surface area contributed by atoms with Crippen LogP contribution in [0.2, 0.25) is 0 Å². The minimum atomic E-state index is -1.06. The Kier molecular flexibility index (Phi) is 4.50. The molecule has 6 nitrogen and oxygen atoms in total. The van der Waals surface area contributed by atoms with Gasteiger partial charge in [-0.15, -0.1) is 0 Å². The van der Waals surface area contributed by atoms with E-state index in [9.17, 15) is 20.0 Å². The van der Waals surface area contributed by atoms with Gasteiger partial charge >= 0.3 is 5.97 Å². The molecule has 0 aliphatic rings. The van der Waals surface area contributed by atoms with Crippen molar-refractivity contribution in [3.05, 3.63) is 39.4 Å². The highest BCUT2D eigenvalue weighted by molar-refractivity contribution is 5.77. The van der Waals surface area contributed by atoms with Gasteiger partial charge in [0.15, 0.2) is 0 Å². The first-order valence-electron chi connectivity index (χ1n) is 6.30. The average molecular weight is 280 g/mol. The monoisotopic (exact) mass is 280 g/mol. The van der Waals surface area contributed by atoms with Crippen LogP contribution in [-0.2, 0) is 4.79 Å². The zero-order chi connectivity index (χ0) is 15.7. The average Bonchev–Trinajstić information content (AvgIpc) is 2.36. The summed E-state index contributed by atoms with van der Waals surface area (Å²) in [5.74, 6) is -0.937. The normalized spacial score (nSPS) is 13.3. The fraction of sp³-hybridized carbons (Fsp3) is 0.500. The van der Waals surface area contributed by atoms with Crippen LogP contribution in [0.15, 0.2) is 18.2 Å². The number of carboxylic acids is 1. The molecule has 1 unspecified atom stereocenters. The number of nitrogens with zero attached hydrogens (tertiary/aromatic N) is 2. The van der Waals surface area contributed by atoms with Gasteiger partial charge in [-0.25, -0.2) is 0 Å². The lowest BCUT2D eigenvalue weighted by atomic mass is 9.97. The molecule has 0 bridgehead atoms. The SMILES string of the molecule is Cc1ccc(C(C)N(C)C(C)(C)C(=O)O)cc1[N+](=O)[O-]. The number of aryl methyl sites for hydroxylation is 1. The van der Waals surface area contributed by atoms with Crippen LogP contribution in [0.4, 0.5) is 5.69 Å². The molecule has 0 amide bonds. The Labute approximate surface area is 118 Å². The van der Waals surface area contributed by atoms with Crippen LogP contribution < -0.4 is 0 Å². The number of hydrogen-bond donors (Lipinski definition) is 1. The molecule has 1 aromatic carbocycles. The highest BCUT2D eigenvalue weighted by Gasteiger charge is 2.35. The lowest BCUT2D eigenvalue weighted by molar-refractivity contribution is -0.385. The van der Waals surface area contributed by atoms with E-state index >= 15 is 0 Å². The first kappa shape index (κ1) is 16.1. The van der Waals surface area contributed by atoms with Gasteiger partial charge in [0, 0.05) is 17.7 Å². The summed E-state index contributed by atoms with van der Waals surface area (Å²) in [6, 6.07) is 4.74. The third-order valence-electron chi connectivity index (χ3n) is 3.90. The van der Waals surface area contributed by atoms with Gasteiger partial charge in [0.05, 0.1) is 4.92 Å². The number of carbonyl (C=O) groups is 1. The van der Waals surface area contributed by atoms with Gasteiger partial charge in [0.1, 0.15) is 5.54 Å². The molecule has 0 radical (unpaired) electrons. The lowest BCUT2D eigenvalue weighted by Crippen LogP contribution is -2.48. The number of hydrogen-bond acceptors (Lipinski definition) is 4. The van der Waals surface area contributed by atoms with Crippen LogP contribution in [0.3, 0.4) is 0 Å². The summed E-state index contributed by atoms with van der Waals surface area (Å²) in [5.41, 5.74) is 0.306. The predicted molar refractivity (Wildman–Crippen MR) is 75.7 cm³/mol. The molecule has 6 heteroatoms. The van der Waals surface area contributed by atoms with Crippen molar-refractivity contribution < 1.29 is 14.8 Å². The van der Waals surface area contributed by atoms with Crippen molar-refractivity contribution in [2.45, 2.75) is 39.3 Å². The molecule has 20 heavy (non-hydrogen) atoms. The number of nitro groups is 1. The van der Waals surface area contributed by atoms with E-state index in [1.165, 1.54) is 6.07 Å². The smallest absolute Gasteiger partial charge is 0.323 e. The molecule has 0 heterocycles. The third-order valence-corrected chi connectivity index (χ3v) is 3.90. The van der Waals surface area contributed by atoms with Gasteiger partial charge in [0.2, 0.25) is 0 Å². The van der Waals surface area contributed by atoms with E-state index in [2.05, 4.69) is 0 Å². The van der Waals surface area contributed by atoms with Crippen molar-refractivity contribution in [2.24, 2.45) is 0 Å². The molecule has 1 atom stereocenters. The highest BCUT2D eigenvalue weighted by atomic mass is 16.6. The lowest BCUT2D eigenvalue weighted by Gasteiger charge is -2.36. The fourth-order valence-electron chi connectivity index (χ4n) is 1.94. The van der Waals surface area contributed by atoms with Gasteiger partial charge in [-0.1, -0.05) is 12.1 Å². The molecule has 0 spiro atoms.